The van der Waals surface area contributed by atoms with Crippen LogP contribution in [0.3, 0.4) is 0 Å². The lowest BCUT2D eigenvalue weighted by Gasteiger charge is -2.40. The summed E-state index contributed by atoms with van der Waals surface area (Å²) < 4.78 is 5.80. The van der Waals surface area contributed by atoms with E-state index in [-0.39, 0.29) is 40.4 Å². The second-order valence-electron chi connectivity index (χ2n) is 7.90. The second kappa shape index (κ2) is 6.12. The first kappa shape index (κ1) is 17.6. The van der Waals surface area contributed by atoms with Crippen molar-refractivity contribution in [3.63, 3.8) is 0 Å². The molecule has 4 rings (SSSR count). The molecule has 0 spiro atoms. The Labute approximate surface area is 151 Å². The van der Waals surface area contributed by atoms with Crippen molar-refractivity contribution in [2.24, 2.45) is 5.73 Å². The molecule has 1 aromatic rings. The highest BCUT2D eigenvalue weighted by atomic mass is 16.5. The third-order valence-corrected chi connectivity index (χ3v) is 5.66. The third-order valence-electron chi connectivity index (χ3n) is 5.66. The number of carboxylic acid groups (broad SMARTS) is 1. The number of rotatable bonds is 7. The number of likely N-dealkylation sites (tertiary alicyclic amines) is 1. The van der Waals surface area contributed by atoms with Gasteiger partial charge in [-0.15, -0.1) is 0 Å². The third kappa shape index (κ3) is 3.27. The van der Waals surface area contributed by atoms with Crippen molar-refractivity contribution >= 4 is 13.1 Å². The Balaban J connectivity index is 1.45. The highest BCUT2D eigenvalue weighted by molar-refractivity contribution is 6.44. The van der Waals surface area contributed by atoms with Crippen LogP contribution in [0.15, 0.2) is 12.1 Å². The van der Waals surface area contributed by atoms with Crippen LogP contribution < -0.4 is 10.5 Å². The number of benzene rings is 1. The fourth-order valence-electron chi connectivity index (χ4n) is 3.76. The fraction of sp³-hybridized carbons (Fsp3) is 0.588. The van der Waals surface area contributed by atoms with E-state index in [2.05, 4.69) is 4.90 Å². The Morgan fingerprint density at radius 3 is 2.58 bits per heavy atom. The molecule has 2 atom stereocenters. The van der Waals surface area contributed by atoms with E-state index in [1.807, 2.05) is 0 Å². The minimum Gasteiger partial charge on any atom is -0.507 e. The number of phenols is 1. The van der Waals surface area contributed by atoms with Crippen molar-refractivity contribution in [3.05, 3.63) is 23.3 Å². The van der Waals surface area contributed by atoms with E-state index >= 15 is 0 Å². The van der Waals surface area contributed by atoms with E-state index < -0.39 is 13.1 Å². The predicted octanol–water partition coefficient (Wildman–Crippen LogP) is -0.0250. The molecule has 0 bridgehead atoms. The van der Waals surface area contributed by atoms with Crippen LogP contribution >= 0.6 is 0 Å². The lowest BCUT2D eigenvalue weighted by atomic mass is 9.81. The summed E-state index contributed by atoms with van der Waals surface area (Å²) in [6, 6.07) is 3.16. The number of carboxylic acids is 1. The van der Waals surface area contributed by atoms with E-state index in [0.717, 1.165) is 19.4 Å². The molecule has 26 heavy (non-hydrogen) atoms. The molecule has 2 saturated carbocycles. The van der Waals surface area contributed by atoms with Crippen LogP contribution in [0.4, 0.5) is 0 Å². The number of carbonyl (C=O) groups is 1. The molecule has 1 aromatic carbocycles. The van der Waals surface area contributed by atoms with Gasteiger partial charge in [0.05, 0.1) is 0 Å². The van der Waals surface area contributed by atoms with Gasteiger partial charge in [0.15, 0.2) is 0 Å². The maximum atomic E-state index is 11.6. The summed E-state index contributed by atoms with van der Waals surface area (Å²) in [4.78, 5) is 13.8. The van der Waals surface area contributed by atoms with Crippen molar-refractivity contribution in [2.45, 2.75) is 42.6 Å². The molecular weight excluding hydrogens is 339 g/mol. The maximum absolute atomic E-state index is 11.6. The molecule has 8 nitrogen and oxygen atoms in total. The standard InChI is InChI=1S/C17H23BN2O6/c19-17(3-4-17)8-20-6-9(7-20)26-13-2-1-10(11-5-12(11)18(24)25)15(21)14(13)16(22)23/h1-2,9,11-12,21,24-25H,3-8,19H2,(H,22,23)/t11-,12-/m0/s1. The van der Waals surface area contributed by atoms with Crippen molar-refractivity contribution in [3.8, 4) is 11.5 Å². The van der Waals surface area contributed by atoms with Crippen molar-refractivity contribution in [2.75, 3.05) is 19.6 Å². The van der Waals surface area contributed by atoms with Gasteiger partial charge in [0.25, 0.3) is 0 Å². The highest BCUT2D eigenvalue weighted by Crippen LogP contribution is 2.56. The van der Waals surface area contributed by atoms with Crippen LogP contribution in [-0.2, 0) is 0 Å². The van der Waals surface area contributed by atoms with Gasteiger partial charge in [-0.2, -0.15) is 0 Å². The van der Waals surface area contributed by atoms with Crippen LogP contribution in [0.2, 0.25) is 5.82 Å². The van der Waals surface area contributed by atoms with Gasteiger partial charge in [0.2, 0.25) is 0 Å². The number of nitrogens with two attached hydrogens (primary N) is 1. The topological polar surface area (TPSA) is 136 Å². The van der Waals surface area contributed by atoms with Crippen LogP contribution in [0.1, 0.15) is 41.1 Å². The molecule has 2 aliphatic carbocycles. The first-order valence-corrected chi connectivity index (χ1v) is 8.90. The molecule has 0 radical (unpaired) electrons. The molecule has 1 heterocycles. The number of hydrogen-bond donors (Lipinski definition) is 5. The summed E-state index contributed by atoms with van der Waals surface area (Å²) >= 11 is 0. The zero-order valence-corrected chi connectivity index (χ0v) is 14.3. The monoisotopic (exact) mass is 362 g/mol. The van der Waals surface area contributed by atoms with Gasteiger partial charge >= 0.3 is 13.1 Å². The molecule has 0 unspecified atom stereocenters. The molecule has 1 saturated heterocycles. The maximum Gasteiger partial charge on any atom is 0.455 e. The zero-order chi connectivity index (χ0) is 18.6. The SMILES string of the molecule is NC1(CN2CC(Oc3ccc([C@@H]4C[C@@H]4B(O)O)c(O)c3C(=O)O)C2)CC1. The van der Waals surface area contributed by atoms with E-state index in [1.165, 1.54) is 0 Å². The van der Waals surface area contributed by atoms with Gasteiger partial charge in [-0.3, -0.25) is 4.90 Å². The second-order valence-corrected chi connectivity index (χ2v) is 7.90. The summed E-state index contributed by atoms with van der Waals surface area (Å²) in [6.07, 6.45) is 2.45. The van der Waals surface area contributed by atoms with E-state index in [9.17, 15) is 25.1 Å². The average molecular weight is 362 g/mol. The molecule has 3 aliphatic rings. The number of aromatic hydroxyl groups is 1. The van der Waals surface area contributed by atoms with Crippen LogP contribution in [0, 0.1) is 0 Å². The fourth-order valence-corrected chi connectivity index (χ4v) is 3.76. The van der Waals surface area contributed by atoms with E-state index in [0.29, 0.717) is 25.1 Å². The number of hydrogen-bond acceptors (Lipinski definition) is 7. The lowest BCUT2D eigenvalue weighted by molar-refractivity contribution is 0.0137. The smallest absolute Gasteiger partial charge is 0.455 e. The predicted molar refractivity (Wildman–Crippen MR) is 93.4 cm³/mol. The Bertz CT molecular complexity index is 732. The average Bonchev–Trinajstić information content (AvgIpc) is 3.42. The molecular formula is C17H23BN2O6. The van der Waals surface area contributed by atoms with Crippen LogP contribution in [-0.4, -0.2) is 69.5 Å². The van der Waals surface area contributed by atoms with Crippen molar-refractivity contribution in [1.29, 1.82) is 0 Å². The summed E-state index contributed by atoms with van der Waals surface area (Å²) in [5.74, 6) is -2.10. The summed E-state index contributed by atoms with van der Waals surface area (Å²) in [5.41, 5.74) is 6.18. The molecule has 0 amide bonds. The molecule has 1 aliphatic heterocycles. The Morgan fingerprint density at radius 1 is 1.35 bits per heavy atom. The van der Waals surface area contributed by atoms with E-state index in [1.54, 1.807) is 12.1 Å². The summed E-state index contributed by atoms with van der Waals surface area (Å²) in [6.45, 7) is 2.19. The number of ether oxygens (including phenoxy) is 1. The Hall–Kier alpha value is -1.81. The highest BCUT2D eigenvalue weighted by Gasteiger charge is 2.48. The first-order valence-electron chi connectivity index (χ1n) is 8.90. The molecule has 3 fully saturated rings. The number of nitrogens with zero attached hydrogens (tertiary/aromatic N) is 1. The summed E-state index contributed by atoms with van der Waals surface area (Å²) in [5, 5.41) is 38.4. The summed E-state index contributed by atoms with van der Waals surface area (Å²) in [7, 11) is -1.47. The molecule has 6 N–H and O–H groups in total. The van der Waals surface area contributed by atoms with Gasteiger partial charge in [0.1, 0.15) is 23.2 Å². The minimum atomic E-state index is -1.47. The quantitative estimate of drug-likeness (QED) is 0.427. The zero-order valence-electron chi connectivity index (χ0n) is 14.3. The minimum absolute atomic E-state index is 0.0603. The van der Waals surface area contributed by atoms with Gasteiger partial charge < -0.3 is 30.7 Å². The normalized spacial score (nSPS) is 26.9. The van der Waals surface area contributed by atoms with E-state index in [4.69, 9.17) is 10.5 Å². The Morgan fingerprint density at radius 2 is 2.04 bits per heavy atom. The van der Waals surface area contributed by atoms with Gasteiger partial charge in [-0.1, -0.05) is 6.07 Å². The number of aromatic carboxylic acids is 1. The lowest BCUT2D eigenvalue weighted by Crippen LogP contribution is -2.57. The molecule has 9 heteroatoms. The van der Waals surface area contributed by atoms with Crippen molar-refractivity contribution in [1.82, 2.24) is 4.90 Å². The van der Waals surface area contributed by atoms with Crippen LogP contribution in [0.5, 0.6) is 11.5 Å². The molecule has 0 aromatic heterocycles. The largest absolute Gasteiger partial charge is 0.507 e. The van der Waals surface area contributed by atoms with Gasteiger partial charge in [-0.25, -0.2) is 4.79 Å². The van der Waals surface area contributed by atoms with Crippen LogP contribution in [0.25, 0.3) is 0 Å². The van der Waals surface area contributed by atoms with Gasteiger partial charge in [-0.05, 0) is 36.8 Å². The Kier molecular flexibility index (Phi) is 4.15. The first-order chi connectivity index (χ1) is 12.3. The van der Waals surface area contributed by atoms with Crippen molar-refractivity contribution < 1.29 is 29.8 Å². The van der Waals surface area contributed by atoms with Gasteiger partial charge in [0, 0.05) is 31.0 Å². The molecule has 140 valence electrons.